The third-order valence-electron chi connectivity index (χ3n) is 3.01. The van der Waals surface area contributed by atoms with E-state index in [0.29, 0.717) is 11.6 Å². The van der Waals surface area contributed by atoms with Crippen LogP contribution >= 0.6 is 0 Å². The zero-order chi connectivity index (χ0) is 13.9. The molecule has 0 unspecified atom stereocenters. The van der Waals surface area contributed by atoms with Gasteiger partial charge >= 0.3 is 0 Å². The maximum atomic E-state index is 5.61. The molecule has 3 rings (SSSR count). The van der Waals surface area contributed by atoms with Crippen LogP contribution in [0.4, 0.5) is 5.82 Å². The molecule has 0 aliphatic rings. The molecule has 0 saturated carbocycles. The van der Waals surface area contributed by atoms with Crippen molar-refractivity contribution in [2.45, 2.75) is 6.92 Å². The molecule has 0 aliphatic carbocycles. The van der Waals surface area contributed by atoms with Crippen LogP contribution in [0.2, 0.25) is 0 Å². The molecule has 20 heavy (non-hydrogen) atoms. The van der Waals surface area contributed by atoms with Crippen LogP contribution < -0.4 is 5.32 Å². The Balaban J connectivity index is 2.12. The first-order valence-electron chi connectivity index (χ1n) is 6.45. The van der Waals surface area contributed by atoms with Crippen molar-refractivity contribution in [3.8, 4) is 22.8 Å². The highest BCUT2D eigenvalue weighted by molar-refractivity contribution is 5.65. The zero-order valence-corrected chi connectivity index (χ0v) is 11.4. The Morgan fingerprint density at radius 3 is 2.45 bits per heavy atom. The predicted octanol–water partition coefficient (Wildman–Crippen LogP) is 3.75. The van der Waals surface area contributed by atoms with E-state index in [0.717, 1.165) is 22.8 Å². The van der Waals surface area contributed by atoms with Crippen molar-refractivity contribution in [2.24, 2.45) is 0 Å². The number of nitrogens with one attached hydrogen (secondary N) is 1. The first-order valence-corrected chi connectivity index (χ1v) is 6.45. The average Bonchev–Trinajstić information content (AvgIpc) is 2.94. The largest absolute Gasteiger partial charge is 0.458 e. The van der Waals surface area contributed by atoms with Crippen LogP contribution in [-0.4, -0.2) is 17.0 Å². The highest BCUT2D eigenvalue weighted by Crippen LogP contribution is 2.25. The van der Waals surface area contributed by atoms with Crippen LogP contribution in [-0.2, 0) is 0 Å². The number of hydrogen-bond donors (Lipinski definition) is 1. The van der Waals surface area contributed by atoms with Gasteiger partial charge in [-0.2, -0.15) is 0 Å². The maximum absolute atomic E-state index is 5.61. The summed E-state index contributed by atoms with van der Waals surface area (Å²) in [7, 11) is 1.84. The predicted molar refractivity (Wildman–Crippen MR) is 79.5 cm³/mol. The van der Waals surface area contributed by atoms with Gasteiger partial charge in [0, 0.05) is 18.7 Å². The van der Waals surface area contributed by atoms with Gasteiger partial charge in [0.2, 0.25) is 0 Å². The fourth-order valence-corrected chi connectivity index (χ4v) is 2.00. The summed E-state index contributed by atoms with van der Waals surface area (Å²) >= 11 is 0. The fourth-order valence-electron chi connectivity index (χ4n) is 2.00. The number of aromatic nitrogens is 2. The lowest BCUT2D eigenvalue weighted by molar-refractivity contribution is 0.544. The van der Waals surface area contributed by atoms with Crippen LogP contribution in [0, 0.1) is 6.92 Å². The third-order valence-corrected chi connectivity index (χ3v) is 3.01. The minimum absolute atomic E-state index is 0.587. The van der Waals surface area contributed by atoms with E-state index >= 15 is 0 Å². The molecule has 0 radical (unpaired) electrons. The molecular weight excluding hydrogens is 250 g/mol. The smallest absolute Gasteiger partial charge is 0.198 e. The van der Waals surface area contributed by atoms with Crippen molar-refractivity contribution < 1.29 is 4.42 Å². The van der Waals surface area contributed by atoms with E-state index < -0.39 is 0 Å². The van der Waals surface area contributed by atoms with E-state index in [1.807, 2.05) is 62.5 Å². The molecule has 0 bridgehead atoms. The van der Waals surface area contributed by atoms with Crippen molar-refractivity contribution in [1.82, 2.24) is 9.97 Å². The van der Waals surface area contributed by atoms with Crippen molar-refractivity contribution in [3.05, 3.63) is 54.3 Å². The molecular formula is C16H15N3O. The SMILES string of the molecule is CNc1cc(-c2ccccc2)nc(-c2ccc(C)o2)n1. The molecule has 4 heteroatoms. The summed E-state index contributed by atoms with van der Waals surface area (Å²) in [6.45, 7) is 1.91. The first kappa shape index (κ1) is 12.4. The molecule has 4 nitrogen and oxygen atoms in total. The van der Waals surface area contributed by atoms with Crippen molar-refractivity contribution >= 4 is 5.82 Å². The second-order valence-electron chi connectivity index (χ2n) is 4.49. The van der Waals surface area contributed by atoms with Gasteiger partial charge in [0.15, 0.2) is 11.6 Å². The van der Waals surface area contributed by atoms with Crippen LogP contribution in [0.15, 0.2) is 52.9 Å². The fraction of sp³-hybridized carbons (Fsp3) is 0.125. The van der Waals surface area contributed by atoms with E-state index in [-0.39, 0.29) is 0 Å². The molecule has 2 heterocycles. The minimum atomic E-state index is 0.587. The summed E-state index contributed by atoms with van der Waals surface area (Å²) in [6, 6.07) is 15.7. The van der Waals surface area contributed by atoms with Crippen LogP contribution in [0.25, 0.3) is 22.8 Å². The molecule has 2 aromatic heterocycles. The van der Waals surface area contributed by atoms with Crippen LogP contribution in [0.1, 0.15) is 5.76 Å². The molecule has 3 aromatic rings. The lowest BCUT2D eigenvalue weighted by atomic mass is 10.1. The van der Waals surface area contributed by atoms with E-state index in [1.165, 1.54) is 0 Å². The van der Waals surface area contributed by atoms with Crippen LogP contribution in [0.5, 0.6) is 0 Å². The number of hydrogen-bond acceptors (Lipinski definition) is 4. The summed E-state index contributed by atoms with van der Waals surface area (Å²) in [4.78, 5) is 9.04. The van der Waals surface area contributed by atoms with Gasteiger partial charge in [-0.25, -0.2) is 9.97 Å². The van der Waals surface area contributed by atoms with Gasteiger partial charge in [0.25, 0.3) is 0 Å². The Kier molecular flexibility index (Phi) is 3.21. The summed E-state index contributed by atoms with van der Waals surface area (Å²) in [5.41, 5.74) is 1.92. The number of rotatable bonds is 3. The highest BCUT2D eigenvalue weighted by Gasteiger charge is 2.10. The Labute approximate surface area is 117 Å². The third kappa shape index (κ3) is 2.40. The molecule has 0 spiro atoms. The topological polar surface area (TPSA) is 51.0 Å². The van der Waals surface area contributed by atoms with Crippen molar-refractivity contribution in [2.75, 3.05) is 12.4 Å². The maximum Gasteiger partial charge on any atom is 0.198 e. The number of anilines is 1. The second kappa shape index (κ2) is 5.17. The molecule has 100 valence electrons. The minimum Gasteiger partial charge on any atom is -0.458 e. The lowest BCUT2D eigenvalue weighted by Gasteiger charge is -2.06. The second-order valence-corrected chi connectivity index (χ2v) is 4.49. The number of furan rings is 1. The van der Waals surface area contributed by atoms with Gasteiger partial charge in [0.1, 0.15) is 11.6 Å². The standard InChI is InChI=1S/C16H15N3O/c1-11-8-9-14(20-11)16-18-13(10-15(17-2)19-16)12-6-4-3-5-7-12/h3-10H,1-2H3,(H,17,18,19). The Bertz CT molecular complexity index is 720. The van der Waals surface area contributed by atoms with Gasteiger partial charge in [0.05, 0.1) is 5.69 Å². The summed E-state index contributed by atoms with van der Waals surface area (Å²) in [6.07, 6.45) is 0. The van der Waals surface area contributed by atoms with E-state index in [4.69, 9.17) is 4.42 Å². The Morgan fingerprint density at radius 2 is 1.80 bits per heavy atom. The Morgan fingerprint density at radius 1 is 1.00 bits per heavy atom. The lowest BCUT2D eigenvalue weighted by Crippen LogP contribution is -1.98. The summed E-state index contributed by atoms with van der Waals surface area (Å²) in [5, 5.41) is 3.06. The van der Waals surface area contributed by atoms with E-state index in [2.05, 4.69) is 15.3 Å². The average molecular weight is 265 g/mol. The molecule has 0 saturated heterocycles. The first-order chi connectivity index (χ1) is 9.76. The molecule has 0 atom stereocenters. The molecule has 0 aliphatic heterocycles. The highest BCUT2D eigenvalue weighted by atomic mass is 16.3. The molecule has 0 amide bonds. The summed E-state index contributed by atoms with van der Waals surface area (Å²) < 4.78 is 5.61. The van der Waals surface area contributed by atoms with Crippen LogP contribution in [0.3, 0.4) is 0 Å². The number of nitrogens with zero attached hydrogens (tertiary/aromatic N) is 2. The van der Waals surface area contributed by atoms with Gasteiger partial charge in [-0.3, -0.25) is 0 Å². The van der Waals surface area contributed by atoms with Gasteiger partial charge in [-0.1, -0.05) is 30.3 Å². The van der Waals surface area contributed by atoms with Gasteiger partial charge in [-0.15, -0.1) is 0 Å². The van der Waals surface area contributed by atoms with Crippen molar-refractivity contribution in [3.63, 3.8) is 0 Å². The quantitative estimate of drug-likeness (QED) is 0.783. The molecule has 1 N–H and O–H groups in total. The number of benzene rings is 1. The number of aryl methyl sites for hydroxylation is 1. The summed E-state index contributed by atoms with van der Waals surface area (Å²) in [5.74, 6) is 2.88. The normalized spacial score (nSPS) is 10.5. The van der Waals surface area contributed by atoms with E-state index in [1.54, 1.807) is 0 Å². The Hall–Kier alpha value is -2.62. The van der Waals surface area contributed by atoms with Crippen molar-refractivity contribution in [1.29, 1.82) is 0 Å². The molecule has 1 aromatic carbocycles. The monoisotopic (exact) mass is 265 g/mol. The van der Waals surface area contributed by atoms with E-state index in [9.17, 15) is 0 Å². The van der Waals surface area contributed by atoms with Gasteiger partial charge < -0.3 is 9.73 Å². The molecule has 0 fully saturated rings. The zero-order valence-electron chi connectivity index (χ0n) is 11.4. The van der Waals surface area contributed by atoms with Gasteiger partial charge in [-0.05, 0) is 19.1 Å².